The van der Waals surface area contributed by atoms with Crippen LogP contribution < -0.4 is 14.8 Å². The highest BCUT2D eigenvalue weighted by molar-refractivity contribution is 5.80. The van der Waals surface area contributed by atoms with Crippen molar-refractivity contribution in [1.29, 1.82) is 0 Å². The van der Waals surface area contributed by atoms with E-state index in [0.717, 1.165) is 0 Å². The zero-order valence-corrected chi connectivity index (χ0v) is 14.5. The number of nitrogens with one attached hydrogen (secondary N) is 1. The average Bonchev–Trinajstić information content (AvgIpc) is 2.68. The molecule has 1 aromatic rings. The summed E-state index contributed by atoms with van der Waals surface area (Å²) in [4.78, 5) is 23.2. The molecule has 2 rings (SSSR count). The molecule has 7 nitrogen and oxygen atoms in total. The number of carbonyl (C=O) groups excluding carboxylic acids is 1. The van der Waals surface area contributed by atoms with E-state index < -0.39 is 29.5 Å². The Bertz CT molecular complexity index is 647. The molecule has 0 aromatic heterocycles. The van der Waals surface area contributed by atoms with Crippen LogP contribution in [0.15, 0.2) is 18.2 Å². The number of ether oxygens (including phenoxy) is 3. The van der Waals surface area contributed by atoms with Gasteiger partial charge in [0.1, 0.15) is 11.6 Å². The molecule has 1 atom stereocenters. The molecule has 0 aliphatic carbocycles. The van der Waals surface area contributed by atoms with Gasteiger partial charge in [0.05, 0.1) is 0 Å². The number of carboxylic acid groups (broad SMARTS) is 1. The van der Waals surface area contributed by atoms with E-state index >= 15 is 0 Å². The molecule has 2 N–H and O–H groups in total. The number of benzene rings is 1. The molecule has 0 radical (unpaired) electrons. The van der Waals surface area contributed by atoms with Gasteiger partial charge in [-0.2, -0.15) is 0 Å². The van der Waals surface area contributed by atoms with Crippen molar-refractivity contribution in [2.24, 2.45) is 0 Å². The molecule has 1 aliphatic heterocycles. The van der Waals surface area contributed by atoms with E-state index in [1.54, 1.807) is 52.8 Å². The number of rotatable bonds is 4. The number of hydrogen-bond acceptors (Lipinski definition) is 5. The molecular formula is C17H23NO6. The molecule has 1 amide bonds. The quantitative estimate of drug-likeness (QED) is 0.877. The minimum absolute atomic E-state index is 0.103. The number of fused-ring (bicyclic) bond motifs is 1. The second kappa shape index (κ2) is 6.22. The van der Waals surface area contributed by atoms with Crippen molar-refractivity contribution in [2.45, 2.75) is 58.5 Å². The van der Waals surface area contributed by atoms with Crippen LogP contribution in [0, 0.1) is 0 Å². The molecule has 132 valence electrons. The molecular weight excluding hydrogens is 314 g/mol. The Morgan fingerprint density at radius 3 is 2.46 bits per heavy atom. The monoisotopic (exact) mass is 337 g/mol. The van der Waals surface area contributed by atoms with Gasteiger partial charge >= 0.3 is 12.1 Å². The molecule has 7 heteroatoms. The van der Waals surface area contributed by atoms with E-state index in [1.165, 1.54) is 0 Å². The largest absolute Gasteiger partial charge is 0.480 e. The van der Waals surface area contributed by atoms with Crippen LogP contribution in [0.2, 0.25) is 0 Å². The fourth-order valence-electron chi connectivity index (χ4n) is 2.28. The first-order chi connectivity index (χ1) is 11.0. The highest BCUT2D eigenvalue weighted by atomic mass is 16.7. The lowest BCUT2D eigenvalue weighted by atomic mass is 10.1. The number of carboxylic acids is 1. The van der Waals surface area contributed by atoms with Crippen molar-refractivity contribution in [2.75, 3.05) is 0 Å². The SMILES string of the molecule is CC(C)(C)OC(=O)N[C@H](Cc1ccc2c(c1)OC(C)(C)O2)C(=O)O. The van der Waals surface area contributed by atoms with Gasteiger partial charge in [-0.05, 0) is 38.5 Å². The Kier molecular flexibility index (Phi) is 4.64. The van der Waals surface area contributed by atoms with Gasteiger partial charge in [-0.1, -0.05) is 6.07 Å². The topological polar surface area (TPSA) is 94.1 Å². The summed E-state index contributed by atoms with van der Waals surface area (Å²) in [6.45, 7) is 8.71. The highest BCUT2D eigenvalue weighted by Crippen LogP contribution is 2.39. The Morgan fingerprint density at radius 2 is 1.88 bits per heavy atom. The van der Waals surface area contributed by atoms with Gasteiger partial charge in [-0.3, -0.25) is 0 Å². The van der Waals surface area contributed by atoms with Crippen molar-refractivity contribution in [1.82, 2.24) is 5.32 Å². The second-order valence-electron chi connectivity index (χ2n) is 7.13. The molecule has 1 heterocycles. The van der Waals surface area contributed by atoms with E-state index in [0.29, 0.717) is 17.1 Å². The third-order valence-electron chi connectivity index (χ3n) is 3.15. The zero-order chi connectivity index (χ0) is 18.1. The molecule has 1 aliphatic rings. The Balaban J connectivity index is 2.07. The summed E-state index contributed by atoms with van der Waals surface area (Å²) >= 11 is 0. The fraction of sp³-hybridized carbons (Fsp3) is 0.529. The van der Waals surface area contributed by atoms with Gasteiger partial charge in [-0.25, -0.2) is 9.59 Å². The summed E-state index contributed by atoms with van der Waals surface area (Å²) in [5.41, 5.74) is 0.01000. The predicted octanol–water partition coefficient (Wildman–Crippen LogP) is 2.71. The molecule has 0 saturated heterocycles. The van der Waals surface area contributed by atoms with Crippen molar-refractivity contribution >= 4 is 12.1 Å². The van der Waals surface area contributed by atoms with Crippen LogP contribution in [0.1, 0.15) is 40.2 Å². The first-order valence-corrected chi connectivity index (χ1v) is 7.68. The lowest BCUT2D eigenvalue weighted by Crippen LogP contribution is -2.44. The summed E-state index contributed by atoms with van der Waals surface area (Å²) in [5, 5.41) is 11.7. The van der Waals surface area contributed by atoms with E-state index in [1.807, 2.05) is 0 Å². The van der Waals surface area contributed by atoms with Crippen LogP contribution >= 0.6 is 0 Å². The Morgan fingerprint density at radius 1 is 1.25 bits per heavy atom. The van der Waals surface area contributed by atoms with Crippen molar-refractivity contribution < 1.29 is 28.9 Å². The Hall–Kier alpha value is -2.44. The standard InChI is InChI=1S/C17H23NO6/c1-16(2,3)24-15(21)18-11(14(19)20)8-10-6-7-12-13(9-10)23-17(4,5)22-12/h6-7,9,11H,8H2,1-5H3,(H,18,21)(H,19,20)/t11-/m1/s1. The fourth-order valence-corrected chi connectivity index (χ4v) is 2.28. The second-order valence-corrected chi connectivity index (χ2v) is 7.13. The number of alkyl carbamates (subject to hydrolysis) is 1. The van der Waals surface area contributed by atoms with Crippen molar-refractivity contribution in [3.05, 3.63) is 23.8 Å². The molecule has 0 unspecified atom stereocenters. The lowest BCUT2D eigenvalue weighted by Gasteiger charge is -2.22. The predicted molar refractivity (Wildman–Crippen MR) is 86.3 cm³/mol. The van der Waals surface area contributed by atoms with E-state index in [-0.39, 0.29) is 6.42 Å². The van der Waals surface area contributed by atoms with Gasteiger partial charge in [0.2, 0.25) is 5.79 Å². The maximum atomic E-state index is 11.8. The summed E-state index contributed by atoms with van der Waals surface area (Å²) < 4.78 is 16.3. The van der Waals surface area contributed by atoms with Crippen LogP contribution in [-0.4, -0.2) is 34.6 Å². The molecule has 0 spiro atoms. The molecule has 0 bridgehead atoms. The Labute approximate surface area is 140 Å². The third-order valence-corrected chi connectivity index (χ3v) is 3.15. The molecule has 24 heavy (non-hydrogen) atoms. The molecule has 1 aromatic carbocycles. The summed E-state index contributed by atoms with van der Waals surface area (Å²) in [5.74, 6) is -0.726. The van der Waals surface area contributed by atoms with Gasteiger partial charge in [0.25, 0.3) is 0 Å². The minimum Gasteiger partial charge on any atom is -0.480 e. The zero-order valence-electron chi connectivity index (χ0n) is 14.5. The van der Waals surface area contributed by atoms with Crippen molar-refractivity contribution in [3.63, 3.8) is 0 Å². The van der Waals surface area contributed by atoms with Crippen LogP contribution in [0.4, 0.5) is 4.79 Å². The third kappa shape index (κ3) is 4.78. The number of hydrogen-bond donors (Lipinski definition) is 2. The summed E-state index contributed by atoms with van der Waals surface area (Å²) in [6.07, 6.45) is -0.664. The van der Waals surface area contributed by atoms with Crippen LogP contribution in [0.25, 0.3) is 0 Å². The summed E-state index contributed by atoms with van der Waals surface area (Å²) in [6, 6.07) is 4.09. The normalized spacial score (nSPS) is 16.4. The number of aliphatic carboxylic acids is 1. The lowest BCUT2D eigenvalue weighted by molar-refractivity contribution is -0.139. The maximum Gasteiger partial charge on any atom is 0.408 e. The van der Waals surface area contributed by atoms with Gasteiger partial charge in [0, 0.05) is 20.3 Å². The number of amides is 1. The summed E-state index contributed by atoms with van der Waals surface area (Å²) in [7, 11) is 0. The van der Waals surface area contributed by atoms with E-state index in [4.69, 9.17) is 14.2 Å². The smallest absolute Gasteiger partial charge is 0.408 e. The maximum absolute atomic E-state index is 11.8. The first-order valence-electron chi connectivity index (χ1n) is 7.68. The average molecular weight is 337 g/mol. The van der Waals surface area contributed by atoms with Crippen molar-refractivity contribution in [3.8, 4) is 11.5 Å². The van der Waals surface area contributed by atoms with Crippen LogP contribution in [0.5, 0.6) is 11.5 Å². The highest BCUT2D eigenvalue weighted by Gasteiger charge is 2.32. The first kappa shape index (κ1) is 17.9. The van der Waals surface area contributed by atoms with Gasteiger partial charge in [0.15, 0.2) is 11.5 Å². The molecule has 0 fully saturated rings. The van der Waals surface area contributed by atoms with Crippen LogP contribution in [0.3, 0.4) is 0 Å². The van der Waals surface area contributed by atoms with Gasteiger partial charge < -0.3 is 24.6 Å². The van der Waals surface area contributed by atoms with E-state index in [2.05, 4.69) is 5.32 Å². The molecule has 0 saturated carbocycles. The van der Waals surface area contributed by atoms with Crippen LogP contribution in [-0.2, 0) is 16.0 Å². The number of carbonyl (C=O) groups is 2. The minimum atomic E-state index is -1.14. The van der Waals surface area contributed by atoms with Gasteiger partial charge in [-0.15, -0.1) is 0 Å². The van der Waals surface area contributed by atoms with E-state index in [9.17, 15) is 14.7 Å².